The molecule has 0 unspecified atom stereocenters. The minimum Gasteiger partial charge on any atom is -0.307 e. The van der Waals surface area contributed by atoms with Gasteiger partial charge in [0.05, 0.1) is 0 Å². The van der Waals surface area contributed by atoms with Crippen molar-refractivity contribution in [1.29, 1.82) is 0 Å². The number of carbonyl (C=O) groups is 1. The fourth-order valence-electron chi connectivity index (χ4n) is 0.828. The third-order valence-electron chi connectivity index (χ3n) is 1.41. The van der Waals surface area contributed by atoms with E-state index in [9.17, 15) is 9.18 Å². The van der Waals surface area contributed by atoms with E-state index in [4.69, 9.17) is 0 Å². The standard InChI is InChI=1S/C9H11FN2OS/c1-2-14-12-9(13)11-8-5-3-7(10)4-6-8/h3-6H,2H2,1H3,(H2,11,12,13). The second-order valence-corrected chi connectivity index (χ2v) is 3.57. The van der Waals surface area contributed by atoms with Gasteiger partial charge in [0.2, 0.25) is 0 Å². The monoisotopic (exact) mass is 214 g/mol. The van der Waals surface area contributed by atoms with Gasteiger partial charge in [0, 0.05) is 11.4 Å². The molecule has 1 aromatic rings. The van der Waals surface area contributed by atoms with Crippen LogP contribution < -0.4 is 10.0 Å². The molecule has 0 saturated heterocycles. The molecule has 0 aliphatic carbocycles. The van der Waals surface area contributed by atoms with Gasteiger partial charge in [0.25, 0.3) is 0 Å². The minimum absolute atomic E-state index is 0.302. The summed E-state index contributed by atoms with van der Waals surface area (Å²) in [7, 11) is 0. The van der Waals surface area contributed by atoms with Crippen molar-refractivity contribution < 1.29 is 9.18 Å². The van der Waals surface area contributed by atoms with E-state index in [0.717, 1.165) is 5.75 Å². The Morgan fingerprint density at radius 3 is 2.64 bits per heavy atom. The number of hydrogen-bond donors (Lipinski definition) is 2. The van der Waals surface area contributed by atoms with Gasteiger partial charge in [0.15, 0.2) is 0 Å². The number of nitrogens with one attached hydrogen (secondary N) is 2. The molecule has 0 atom stereocenters. The van der Waals surface area contributed by atoms with Gasteiger partial charge >= 0.3 is 6.03 Å². The smallest absolute Gasteiger partial charge is 0.307 e. The van der Waals surface area contributed by atoms with Gasteiger partial charge in [-0.15, -0.1) is 0 Å². The normalized spacial score (nSPS) is 9.57. The molecule has 1 rings (SSSR count). The van der Waals surface area contributed by atoms with Crippen molar-refractivity contribution in [3.05, 3.63) is 30.1 Å². The van der Waals surface area contributed by atoms with Crippen LogP contribution in [0.4, 0.5) is 14.9 Å². The van der Waals surface area contributed by atoms with Crippen LogP contribution >= 0.6 is 11.9 Å². The predicted molar refractivity (Wildman–Crippen MR) is 56.7 cm³/mol. The van der Waals surface area contributed by atoms with Crippen LogP contribution in [-0.4, -0.2) is 11.8 Å². The summed E-state index contributed by atoms with van der Waals surface area (Å²) >= 11 is 1.30. The predicted octanol–water partition coefficient (Wildman–Crippen LogP) is 2.62. The van der Waals surface area contributed by atoms with Crippen molar-refractivity contribution >= 4 is 23.7 Å². The Kier molecular flexibility index (Phi) is 4.25. The molecule has 0 bridgehead atoms. The summed E-state index contributed by atoms with van der Waals surface area (Å²) in [5, 5.41) is 2.57. The molecule has 1 aromatic carbocycles. The highest BCUT2D eigenvalue weighted by Gasteiger charge is 1.99. The Balaban J connectivity index is 2.44. The maximum absolute atomic E-state index is 12.5. The average Bonchev–Trinajstić information content (AvgIpc) is 2.18. The highest BCUT2D eigenvalue weighted by Crippen LogP contribution is 2.08. The lowest BCUT2D eigenvalue weighted by atomic mass is 10.3. The fourth-order valence-corrected chi connectivity index (χ4v) is 1.15. The number of urea groups is 1. The molecule has 0 aliphatic heterocycles. The molecular formula is C9H11FN2OS. The second-order valence-electron chi connectivity index (χ2n) is 2.50. The Labute approximate surface area is 86.2 Å². The van der Waals surface area contributed by atoms with Crippen LogP contribution in [0.2, 0.25) is 0 Å². The SMILES string of the molecule is CCSNC(=O)Nc1ccc(F)cc1. The van der Waals surface area contributed by atoms with Crippen LogP contribution in [0, 0.1) is 5.82 Å². The first-order valence-electron chi connectivity index (χ1n) is 4.16. The number of anilines is 1. The zero-order chi connectivity index (χ0) is 10.4. The summed E-state index contributed by atoms with van der Waals surface area (Å²) < 4.78 is 15.1. The summed E-state index contributed by atoms with van der Waals surface area (Å²) in [6.07, 6.45) is 0. The molecule has 0 radical (unpaired) electrons. The van der Waals surface area contributed by atoms with Crippen molar-refractivity contribution in [1.82, 2.24) is 4.72 Å². The van der Waals surface area contributed by atoms with Crippen LogP contribution in [0.15, 0.2) is 24.3 Å². The Bertz CT molecular complexity index is 302. The van der Waals surface area contributed by atoms with Gasteiger partial charge in [0.1, 0.15) is 5.82 Å². The molecule has 0 heterocycles. The summed E-state index contributed by atoms with van der Waals surface area (Å²) in [4.78, 5) is 11.1. The third-order valence-corrected chi connectivity index (χ3v) is 2.03. The first-order chi connectivity index (χ1) is 6.72. The van der Waals surface area contributed by atoms with E-state index in [2.05, 4.69) is 10.0 Å². The van der Waals surface area contributed by atoms with E-state index in [1.807, 2.05) is 6.92 Å². The maximum Gasteiger partial charge on any atom is 0.329 e. The zero-order valence-electron chi connectivity index (χ0n) is 7.71. The quantitative estimate of drug-likeness (QED) is 0.759. The zero-order valence-corrected chi connectivity index (χ0v) is 8.53. The third kappa shape index (κ3) is 3.66. The number of hydrogen-bond acceptors (Lipinski definition) is 2. The summed E-state index contributed by atoms with van der Waals surface area (Å²) in [5.41, 5.74) is 0.570. The Morgan fingerprint density at radius 2 is 2.07 bits per heavy atom. The van der Waals surface area contributed by atoms with E-state index in [1.54, 1.807) is 0 Å². The molecule has 0 saturated carbocycles. The van der Waals surface area contributed by atoms with Gasteiger partial charge < -0.3 is 5.32 Å². The average molecular weight is 214 g/mol. The highest BCUT2D eigenvalue weighted by atomic mass is 32.2. The van der Waals surface area contributed by atoms with Crippen LogP contribution in [0.3, 0.4) is 0 Å². The Morgan fingerprint density at radius 1 is 1.43 bits per heavy atom. The largest absolute Gasteiger partial charge is 0.329 e. The molecular weight excluding hydrogens is 203 g/mol. The topological polar surface area (TPSA) is 41.1 Å². The molecule has 14 heavy (non-hydrogen) atoms. The van der Waals surface area contributed by atoms with Crippen LogP contribution in [0.5, 0.6) is 0 Å². The number of amides is 2. The molecule has 5 heteroatoms. The summed E-state index contributed by atoms with van der Waals surface area (Å²) in [5.74, 6) is 0.482. The fraction of sp³-hybridized carbons (Fsp3) is 0.222. The van der Waals surface area contributed by atoms with E-state index in [1.165, 1.54) is 36.2 Å². The van der Waals surface area contributed by atoms with E-state index >= 15 is 0 Å². The van der Waals surface area contributed by atoms with E-state index < -0.39 is 0 Å². The van der Waals surface area contributed by atoms with Gasteiger partial charge in [-0.1, -0.05) is 6.92 Å². The minimum atomic E-state index is -0.320. The van der Waals surface area contributed by atoms with Gasteiger partial charge in [-0.05, 0) is 36.2 Å². The number of halogens is 1. The van der Waals surface area contributed by atoms with Crippen LogP contribution in [0.1, 0.15) is 6.92 Å². The van der Waals surface area contributed by atoms with Gasteiger partial charge in [-0.3, -0.25) is 4.72 Å². The summed E-state index contributed by atoms with van der Waals surface area (Å²) in [6, 6.07) is 5.30. The van der Waals surface area contributed by atoms with E-state index in [0.29, 0.717) is 5.69 Å². The Hall–Kier alpha value is -1.23. The molecule has 76 valence electrons. The lowest BCUT2D eigenvalue weighted by molar-refractivity contribution is 0.257. The summed E-state index contributed by atoms with van der Waals surface area (Å²) in [6.45, 7) is 1.93. The molecule has 2 amide bonds. The first-order valence-corrected chi connectivity index (χ1v) is 5.15. The van der Waals surface area contributed by atoms with Crippen LogP contribution in [0.25, 0.3) is 0 Å². The maximum atomic E-state index is 12.5. The van der Waals surface area contributed by atoms with Crippen molar-refractivity contribution in [3.63, 3.8) is 0 Å². The first kappa shape index (κ1) is 10.8. The number of carbonyl (C=O) groups excluding carboxylic acids is 1. The molecule has 0 fully saturated rings. The molecule has 0 aromatic heterocycles. The van der Waals surface area contributed by atoms with Gasteiger partial charge in [-0.2, -0.15) is 0 Å². The molecule has 0 spiro atoms. The van der Waals surface area contributed by atoms with Crippen molar-refractivity contribution in [2.45, 2.75) is 6.92 Å². The van der Waals surface area contributed by atoms with Crippen molar-refractivity contribution in [2.24, 2.45) is 0 Å². The van der Waals surface area contributed by atoms with Crippen molar-refractivity contribution in [2.75, 3.05) is 11.1 Å². The number of benzene rings is 1. The molecule has 0 aliphatic rings. The van der Waals surface area contributed by atoms with Gasteiger partial charge in [-0.25, -0.2) is 9.18 Å². The van der Waals surface area contributed by atoms with Crippen LogP contribution in [-0.2, 0) is 0 Å². The second kappa shape index (κ2) is 5.49. The number of rotatable bonds is 3. The molecule has 2 N–H and O–H groups in total. The lowest BCUT2D eigenvalue weighted by Crippen LogP contribution is -2.22. The van der Waals surface area contributed by atoms with Crippen molar-refractivity contribution in [3.8, 4) is 0 Å². The lowest BCUT2D eigenvalue weighted by Gasteiger charge is -2.05. The highest BCUT2D eigenvalue weighted by molar-refractivity contribution is 7.97. The molecule has 3 nitrogen and oxygen atoms in total. The van der Waals surface area contributed by atoms with E-state index in [-0.39, 0.29) is 11.8 Å².